The highest BCUT2D eigenvalue weighted by atomic mass is 16.7. The molecule has 162 valence electrons. The molecule has 1 aromatic heterocycles. The summed E-state index contributed by atoms with van der Waals surface area (Å²) in [7, 11) is 0. The average molecular weight is 432 g/mol. The van der Waals surface area contributed by atoms with Crippen LogP contribution in [0.25, 0.3) is 10.9 Å². The summed E-state index contributed by atoms with van der Waals surface area (Å²) in [5.74, 6) is -1.53. The van der Waals surface area contributed by atoms with E-state index in [4.69, 9.17) is 4.84 Å². The number of nitrogens with zero attached hydrogens (tertiary/aromatic N) is 4. The Labute approximate surface area is 182 Å². The molecule has 0 N–H and O–H groups in total. The maximum Gasteiger partial charge on any atom is 0.366 e. The Bertz CT molecular complexity index is 1320. The molecule has 1 saturated carbocycles. The molecule has 9 nitrogen and oxygen atoms in total. The lowest BCUT2D eigenvalue weighted by Crippen LogP contribution is -2.34. The standard InChI is InChI=1S/C23H20N4O5/c1-13-9-10-16-18(11-13)21(29)26(20(16)28)15-6-4-5-14(12-15)23(31)32-27-22(30)17-7-2-3-8-19(17)24-25-27/h2-8,12-13,16,18H,9-11H2,1H3. The number of rotatable bonds is 3. The first-order valence-electron chi connectivity index (χ1n) is 10.5. The van der Waals surface area contributed by atoms with E-state index in [1.165, 1.54) is 17.0 Å². The van der Waals surface area contributed by atoms with E-state index in [0.29, 0.717) is 34.8 Å². The maximum atomic E-state index is 13.0. The number of anilines is 1. The summed E-state index contributed by atoms with van der Waals surface area (Å²) in [5.41, 5.74) is 0.151. The third kappa shape index (κ3) is 3.26. The van der Waals surface area contributed by atoms with Crippen molar-refractivity contribution in [3.8, 4) is 0 Å². The van der Waals surface area contributed by atoms with Gasteiger partial charge in [-0.05, 0) is 65.6 Å². The zero-order chi connectivity index (χ0) is 22.4. The van der Waals surface area contributed by atoms with Crippen LogP contribution in [-0.2, 0) is 9.59 Å². The van der Waals surface area contributed by atoms with Gasteiger partial charge in [0.05, 0.1) is 28.5 Å². The quantitative estimate of drug-likeness (QED) is 0.460. The molecule has 2 amide bonds. The van der Waals surface area contributed by atoms with Crippen molar-refractivity contribution in [2.24, 2.45) is 17.8 Å². The first-order valence-corrected chi connectivity index (χ1v) is 10.5. The molecule has 0 bridgehead atoms. The highest BCUT2D eigenvalue weighted by Crippen LogP contribution is 2.42. The second-order valence-electron chi connectivity index (χ2n) is 8.36. The number of hydrogen-bond acceptors (Lipinski definition) is 7. The van der Waals surface area contributed by atoms with Crippen LogP contribution in [0.4, 0.5) is 5.69 Å². The molecule has 1 saturated heterocycles. The van der Waals surface area contributed by atoms with E-state index in [0.717, 1.165) is 6.42 Å². The van der Waals surface area contributed by atoms with Crippen LogP contribution in [0.1, 0.15) is 36.5 Å². The molecule has 1 aliphatic heterocycles. The molecule has 9 heteroatoms. The maximum absolute atomic E-state index is 13.0. The normalized spacial score (nSPS) is 22.8. The molecular weight excluding hydrogens is 412 g/mol. The molecule has 3 unspecified atom stereocenters. The van der Waals surface area contributed by atoms with Crippen molar-refractivity contribution in [2.75, 3.05) is 4.90 Å². The summed E-state index contributed by atoms with van der Waals surface area (Å²) < 4.78 is 0. The van der Waals surface area contributed by atoms with Crippen LogP contribution in [0, 0.1) is 17.8 Å². The minimum Gasteiger partial charge on any atom is -0.309 e. The van der Waals surface area contributed by atoms with E-state index in [2.05, 4.69) is 17.2 Å². The lowest BCUT2D eigenvalue weighted by atomic mass is 9.76. The first kappa shape index (κ1) is 20.0. The fourth-order valence-corrected chi connectivity index (χ4v) is 4.58. The molecule has 3 aromatic rings. The SMILES string of the molecule is CC1CCC2C(=O)N(c3cccc(C(=O)On4nnc5ccccc5c4=O)c3)C(=O)C2C1. The minimum atomic E-state index is -0.858. The van der Waals surface area contributed by atoms with Crippen LogP contribution in [0.3, 0.4) is 0 Å². The highest BCUT2D eigenvalue weighted by molar-refractivity contribution is 6.22. The zero-order valence-electron chi connectivity index (χ0n) is 17.3. The molecule has 32 heavy (non-hydrogen) atoms. The largest absolute Gasteiger partial charge is 0.366 e. The fraction of sp³-hybridized carbons (Fsp3) is 0.304. The van der Waals surface area contributed by atoms with E-state index in [1.54, 1.807) is 36.4 Å². The molecule has 2 aliphatic rings. The summed E-state index contributed by atoms with van der Waals surface area (Å²) in [5, 5.41) is 7.78. The number of fused-ring (bicyclic) bond motifs is 2. The Kier molecular flexibility index (Phi) is 4.80. The van der Waals surface area contributed by atoms with Crippen LogP contribution in [0.15, 0.2) is 53.3 Å². The molecule has 0 spiro atoms. The van der Waals surface area contributed by atoms with Gasteiger partial charge in [0.15, 0.2) is 0 Å². The number of aromatic nitrogens is 3. The van der Waals surface area contributed by atoms with Gasteiger partial charge in [0.25, 0.3) is 0 Å². The Balaban J connectivity index is 1.42. The smallest absolute Gasteiger partial charge is 0.309 e. The van der Waals surface area contributed by atoms with Crippen molar-refractivity contribution in [3.63, 3.8) is 0 Å². The van der Waals surface area contributed by atoms with Crippen molar-refractivity contribution >= 4 is 34.4 Å². The minimum absolute atomic E-state index is 0.0770. The van der Waals surface area contributed by atoms with Gasteiger partial charge >= 0.3 is 11.5 Å². The van der Waals surface area contributed by atoms with Gasteiger partial charge in [-0.1, -0.05) is 25.1 Å². The van der Waals surface area contributed by atoms with Gasteiger partial charge < -0.3 is 4.84 Å². The lowest BCUT2D eigenvalue weighted by molar-refractivity contribution is -0.122. The molecule has 2 aromatic carbocycles. The average Bonchev–Trinajstić information content (AvgIpc) is 3.05. The van der Waals surface area contributed by atoms with Crippen LogP contribution in [0.2, 0.25) is 0 Å². The van der Waals surface area contributed by atoms with Gasteiger partial charge in [0, 0.05) is 0 Å². The fourth-order valence-electron chi connectivity index (χ4n) is 4.58. The Morgan fingerprint density at radius 2 is 1.78 bits per heavy atom. The predicted octanol–water partition coefficient (Wildman–Crippen LogP) is 1.99. The number of hydrogen-bond donors (Lipinski definition) is 0. The summed E-state index contributed by atoms with van der Waals surface area (Å²) in [4.78, 5) is 57.9. The third-order valence-electron chi connectivity index (χ3n) is 6.24. The van der Waals surface area contributed by atoms with Gasteiger partial charge in [-0.15, -0.1) is 5.10 Å². The predicted molar refractivity (Wildman–Crippen MR) is 114 cm³/mol. The van der Waals surface area contributed by atoms with Gasteiger partial charge in [-0.3, -0.25) is 19.3 Å². The molecule has 2 fully saturated rings. The molecule has 1 aliphatic carbocycles. The number of imide groups is 1. The highest BCUT2D eigenvalue weighted by Gasteiger charge is 2.50. The van der Waals surface area contributed by atoms with Crippen LogP contribution in [0.5, 0.6) is 0 Å². The van der Waals surface area contributed by atoms with Crippen molar-refractivity contribution in [3.05, 3.63) is 64.4 Å². The van der Waals surface area contributed by atoms with Crippen molar-refractivity contribution in [1.29, 1.82) is 0 Å². The van der Waals surface area contributed by atoms with E-state index in [1.807, 2.05) is 0 Å². The lowest BCUT2D eigenvalue weighted by Gasteiger charge is -2.25. The van der Waals surface area contributed by atoms with Gasteiger partial charge in [-0.25, -0.2) is 4.79 Å². The van der Waals surface area contributed by atoms with E-state index < -0.39 is 11.5 Å². The molecular formula is C23H20N4O5. The number of amides is 2. The summed E-state index contributed by atoms with van der Waals surface area (Å²) >= 11 is 0. The van der Waals surface area contributed by atoms with Crippen molar-refractivity contribution < 1.29 is 19.2 Å². The van der Waals surface area contributed by atoms with Crippen molar-refractivity contribution in [1.82, 2.24) is 15.2 Å². The Hall–Kier alpha value is -3.88. The third-order valence-corrected chi connectivity index (χ3v) is 6.24. The van der Waals surface area contributed by atoms with Gasteiger partial charge in [0.1, 0.15) is 5.52 Å². The Morgan fingerprint density at radius 3 is 2.62 bits per heavy atom. The van der Waals surface area contributed by atoms with Crippen LogP contribution < -0.4 is 15.3 Å². The number of benzene rings is 2. The first-order chi connectivity index (χ1) is 15.4. The summed E-state index contributed by atoms with van der Waals surface area (Å²) in [6, 6.07) is 12.6. The van der Waals surface area contributed by atoms with E-state index >= 15 is 0 Å². The molecule has 3 atom stereocenters. The van der Waals surface area contributed by atoms with Crippen LogP contribution >= 0.6 is 0 Å². The Morgan fingerprint density at radius 1 is 1.00 bits per heavy atom. The summed E-state index contributed by atoms with van der Waals surface area (Å²) in [6.45, 7) is 2.09. The monoisotopic (exact) mass is 432 g/mol. The molecule has 0 radical (unpaired) electrons. The van der Waals surface area contributed by atoms with E-state index in [9.17, 15) is 19.2 Å². The summed E-state index contributed by atoms with van der Waals surface area (Å²) in [6.07, 6.45) is 2.30. The van der Waals surface area contributed by atoms with Crippen molar-refractivity contribution in [2.45, 2.75) is 26.2 Å². The topological polar surface area (TPSA) is 111 Å². The van der Waals surface area contributed by atoms with E-state index in [-0.39, 0.29) is 34.6 Å². The second kappa shape index (κ2) is 7.67. The van der Waals surface area contributed by atoms with Gasteiger partial charge in [0.2, 0.25) is 11.8 Å². The number of carbonyl (C=O) groups is 3. The number of carbonyl (C=O) groups excluding carboxylic acids is 3. The zero-order valence-corrected chi connectivity index (χ0v) is 17.3. The molecule has 2 heterocycles. The van der Waals surface area contributed by atoms with Gasteiger partial charge in [-0.2, -0.15) is 0 Å². The second-order valence-corrected chi connectivity index (χ2v) is 8.36. The molecule has 5 rings (SSSR count). The van der Waals surface area contributed by atoms with Crippen LogP contribution in [-0.4, -0.2) is 32.9 Å².